The van der Waals surface area contributed by atoms with Crippen LogP contribution in [0.15, 0.2) is 0 Å². The molecule has 4 aliphatic rings. The third-order valence-electron chi connectivity index (χ3n) is 6.84. The Morgan fingerprint density at radius 3 is 2.16 bits per heavy atom. The number of hydrogen-bond donors (Lipinski definition) is 0. The molecule has 0 aliphatic heterocycles. The first-order chi connectivity index (χ1) is 11.6. The van der Waals surface area contributed by atoms with Crippen molar-refractivity contribution in [2.45, 2.75) is 97.1 Å². The summed E-state index contributed by atoms with van der Waals surface area (Å²) in [6, 6.07) is 0. The van der Waals surface area contributed by atoms with Crippen LogP contribution in [0.5, 0.6) is 0 Å². The highest BCUT2D eigenvalue weighted by molar-refractivity contribution is 5.76. The van der Waals surface area contributed by atoms with E-state index in [9.17, 15) is 4.79 Å². The zero-order valence-electron chi connectivity index (χ0n) is 16.9. The van der Waals surface area contributed by atoms with Crippen molar-refractivity contribution < 1.29 is 19.0 Å². The highest BCUT2D eigenvalue weighted by Crippen LogP contribution is 2.61. The quantitative estimate of drug-likeness (QED) is 0.492. The topological polar surface area (TPSA) is 44.8 Å². The van der Waals surface area contributed by atoms with Crippen molar-refractivity contribution in [2.75, 3.05) is 7.11 Å². The van der Waals surface area contributed by atoms with Gasteiger partial charge >= 0.3 is 5.97 Å². The van der Waals surface area contributed by atoms with Crippen molar-refractivity contribution in [2.24, 2.45) is 23.2 Å². The first-order valence-corrected chi connectivity index (χ1v) is 10.1. The minimum atomic E-state index is -0.412. The average molecular weight is 353 g/mol. The van der Waals surface area contributed by atoms with Gasteiger partial charge in [-0.2, -0.15) is 0 Å². The molecule has 3 unspecified atom stereocenters. The molecule has 0 aromatic rings. The molecule has 4 saturated carbocycles. The Morgan fingerprint density at radius 1 is 1.12 bits per heavy atom. The lowest BCUT2D eigenvalue weighted by atomic mass is 9.52. The van der Waals surface area contributed by atoms with Gasteiger partial charge in [0.05, 0.1) is 11.0 Å². The maximum absolute atomic E-state index is 12.8. The minimum absolute atomic E-state index is 0.0424. The second kappa shape index (κ2) is 6.53. The molecule has 0 radical (unpaired) electrons. The lowest BCUT2D eigenvalue weighted by molar-refractivity contribution is -0.289. The van der Waals surface area contributed by atoms with Crippen molar-refractivity contribution in [1.82, 2.24) is 0 Å². The molecule has 25 heavy (non-hydrogen) atoms. The number of rotatable bonds is 7. The summed E-state index contributed by atoms with van der Waals surface area (Å²) in [7, 11) is 1.73. The van der Waals surface area contributed by atoms with Gasteiger partial charge in [-0.1, -0.05) is 20.8 Å². The largest absolute Gasteiger partial charge is 0.459 e. The molecule has 4 aliphatic carbocycles. The summed E-state index contributed by atoms with van der Waals surface area (Å²) in [5.41, 5.74) is -0.904. The molecular weight excluding hydrogens is 316 g/mol. The number of carbonyl (C=O) groups is 1. The summed E-state index contributed by atoms with van der Waals surface area (Å²) in [4.78, 5) is 12.8. The second-order valence-electron chi connectivity index (χ2n) is 9.92. The Hall–Kier alpha value is -0.610. The molecule has 0 spiro atoms. The molecule has 3 atom stereocenters. The van der Waals surface area contributed by atoms with E-state index >= 15 is 0 Å². The number of hydrogen-bond acceptors (Lipinski definition) is 4. The van der Waals surface area contributed by atoms with E-state index in [1.54, 1.807) is 7.11 Å². The molecule has 144 valence electrons. The van der Waals surface area contributed by atoms with Crippen LogP contribution in [0, 0.1) is 23.2 Å². The summed E-state index contributed by atoms with van der Waals surface area (Å²) in [6.45, 7) is 10.3. The van der Waals surface area contributed by atoms with Gasteiger partial charge < -0.3 is 14.2 Å². The summed E-state index contributed by atoms with van der Waals surface area (Å²) in [5.74, 6) is 1.50. The molecular formula is C21H36O4. The van der Waals surface area contributed by atoms with Crippen LogP contribution >= 0.6 is 0 Å². The van der Waals surface area contributed by atoms with E-state index in [-0.39, 0.29) is 23.5 Å². The van der Waals surface area contributed by atoms with E-state index in [2.05, 4.69) is 20.8 Å². The molecule has 0 heterocycles. The summed E-state index contributed by atoms with van der Waals surface area (Å²) >= 11 is 0. The highest BCUT2D eigenvalue weighted by Gasteiger charge is 2.61. The van der Waals surface area contributed by atoms with Crippen LogP contribution < -0.4 is 0 Å². The standard InChI is InChI=1S/C21H36O4/c1-7-19(4,5)18(22)25-21-11-15-8-16(12-21)10-20(9-15,13-21)24-17(23-6)14(2)3/h14-17H,7-13H2,1-6H3. The van der Waals surface area contributed by atoms with Crippen LogP contribution in [0.25, 0.3) is 0 Å². The Morgan fingerprint density at radius 2 is 1.68 bits per heavy atom. The summed E-state index contributed by atoms with van der Waals surface area (Å²) in [6.07, 6.45) is 6.93. The van der Waals surface area contributed by atoms with Crippen molar-refractivity contribution in [3.05, 3.63) is 0 Å². The first-order valence-electron chi connectivity index (χ1n) is 10.1. The van der Waals surface area contributed by atoms with Gasteiger partial charge in [-0.3, -0.25) is 4.79 Å². The average Bonchev–Trinajstić information content (AvgIpc) is 2.50. The lowest BCUT2D eigenvalue weighted by Gasteiger charge is -2.61. The van der Waals surface area contributed by atoms with Crippen molar-refractivity contribution >= 4 is 5.97 Å². The Balaban J connectivity index is 1.80. The fraction of sp³-hybridized carbons (Fsp3) is 0.952. The maximum Gasteiger partial charge on any atom is 0.312 e. The van der Waals surface area contributed by atoms with E-state index in [1.165, 1.54) is 6.42 Å². The number of methoxy groups -OCH3 is 1. The highest BCUT2D eigenvalue weighted by atomic mass is 16.7. The summed E-state index contributed by atoms with van der Waals surface area (Å²) < 4.78 is 18.4. The van der Waals surface area contributed by atoms with Crippen LogP contribution in [0.3, 0.4) is 0 Å². The maximum atomic E-state index is 12.8. The molecule has 0 aromatic carbocycles. The molecule has 0 amide bonds. The predicted octanol–water partition coefficient (Wildman–Crippen LogP) is 4.70. The van der Waals surface area contributed by atoms with Gasteiger partial charge in [0.25, 0.3) is 0 Å². The SMILES string of the molecule is CCC(C)(C)C(=O)OC12CC3CC(C1)CC(OC(OC)C(C)C)(C3)C2. The third-order valence-corrected chi connectivity index (χ3v) is 6.84. The van der Waals surface area contributed by atoms with Crippen molar-refractivity contribution in [3.63, 3.8) is 0 Å². The molecule has 0 saturated heterocycles. The number of esters is 1. The van der Waals surface area contributed by atoms with Gasteiger partial charge in [-0.25, -0.2) is 0 Å². The van der Waals surface area contributed by atoms with E-state index in [0.29, 0.717) is 17.8 Å². The fourth-order valence-electron chi connectivity index (χ4n) is 5.54. The summed E-state index contributed by atoms with van der Waals surface area (Å²) in [5, 5.41) is 0. The second-order valence-corrected chi connectivity index (χ2v) is 9.92. The van der Waals surface area contributed by atoms with E-state index < -0.39 is 5.41 Å². The normalized spacial score (nSPS) is 38.2. The van der Waals surface area contributed by atoms with Gasteiger partial charge in [0.2, 0.25) is 0 Å². The third kappa shape index (κ3) is 3.62. The first kappa shape index (κ1) is 19.2. The van der Waals surface area contributed by atoms with Gasteiger partial charge in [0.15, 0.2) is 6.29 Å². The van der Waals surface area contributed by atoms with Crippen molar-refractivity contribution in [3.8, 4) is 0 Å². The van der Waals surface area contributed by atoms with E-state index in [1.807, 2.05) is 13.8 Å². The lowest BCUT2D eigenvalue weighted by Crippen LogP contribution is -2.62. The fourth-order valence-corrected chi connectivity index (χ4v) is 5.54. The van der Waals surface area contributed by atoms with Crippen LogP contribution in [0.1, 0.15) is 79.6 Å². The predicted molar refractivity (Wildman–Crippen MR) is 97.0 cm³/mol. The minimum Gasteiger partial charge on any atom is -0.459 e. The molecule has 4 fully saturated rings. The zero-order chi connectivity index (χ0) is 18.5. The molecule has 4 bridgehead atoms. The van der Waals surface area contributed by atoms with Gasteiger partial charge in [0.1, 0.15) is 5.60 Å². The van der Waals surface area contributed by atoms with Crippen LogP contribution in [-0.4, -0.2) is 30.6 Å². The molecule has 4 rings (SSSR count). The van der Waals surface area contributed by atoms with Gasteiger partial charge in [-0.05, 0) is 64.2 Å². The Labute approximate surface area is 153 Å². The van der Waals surface area contributed by atoms with E-state index in [0.717, 1.165) is 38.5 Å². The number of carbonyl (C=O) groups excluding carboxylic acids is 1. The molecule has 4 heteroatoms. The molecule has 0 aromatic heterocycles. The van der Waals surface area contributed by atoms with Crippen LogP contribution in [0.4, 0.5) is 0 Å². The molecule has 4 nitrogen and oxygen atoms in total. The zero-order valence-corrected chi connectivity index (χ0v) is 16.9. The van der Waals surface area contributed by atoms with Gasteiger partial charge in [-0.15, -0.1) is 0 Å². The van der Waals surface area contributed by atoms with Crippen molar-refractivity contribution in [1.29, 1.82) is 0 Å². The van der Waals surface area contributed by atoms with Crippen LogP contribution in [0.2, 0.25) is 0 Å². The van der Waals surface area contributed by atoms with Gasteiger partial charge in [0, 0.05) is 19.4 Å². The van der Waals surface area contributed by atoms with E-state index in [4.69, 9.17) is 14.2 Å². The monoisotopic (exact) mass is 352 g/mol. The molecule has 0 N–H and O–H groups in total. The van der Waals surface area contributed by atoms with Crippen LogP contribution in [-0.2, 0) is 19.0 Å². The Kier molecular flexibility index (Phi) is 5.00. The Bertz CT molecular complexity index is 496. The number of ether oxygens (including phenoxy) is 3. The smallest absolute Gasteiger partial charge is 0.312 e.